The number of carbonyl (C=O) groups is 3. The topological polar surface area (TPSA) is 117 Å². The van der Waals surface area contributed by atoms with E-state index in [1.54, 1.807) is 54.3 Å². The fraction of sp³-hybridized carbons (Fsp3) is 0.379. The van der Waals surface area contributed by atoms with E-state index in [-0.39, 0.29) is 17.6 Å². The molecule has 2 aliphatic rings. The minimum absolute atomic E-state index is 0.120. The maximum atomic E-state index is 13.5. The third-order valence-corrected chi connectivity index (χ3v) is 8.32. The van der Waals surface area contributed by atoms with Crippen molar-refractivity contribution in [3.63, 3.8) is 0 Å². The Bertz CT molecular complexity index is 1510. The molecule has 1 saturated heterocycles. The van der Waals surface area contributed by atoms with Gasteiger partial charge in [0.05, 0.1) is 42.9 Å². The van der Waals surface area contributed by atoms with Crippen LogP contribution in [-0.4, -0.2) is 97.1 Å². The zero-order chi connectivity index (χ0) is 29.3. The minimum atomic E-state index is -0.512. The van der Waals surface area contributed by atoms with Crippen LogP contribution in [0.1, 0.15) is 33.2 Å². The summed E-state index contributed by atoms with van der Waals surface area (Å²) < 4.78 is 16.2. The van der Waals surface area contributed by atoms with Gasteiger partial charge in [0.2, 0.25) is 0 Å². The van der Waals surface area contributed by atoms with E-state index in [9.17, 15) is 14.4 Å². The van der Waals surface area contributed by atoms with E-state index in [1.807, 2.05) is 7.05 Å². The van der Waals surface area contributed by atoms with E-state index in [4.69, 9.17) is 14.2 Å². The summed E-state index contributed by atoms with van der Waals surface area (Å²) in [6.07, 6.45) is 4.19. The van der Waals surface area contributed by atoms with Gasteiger partial charge in [-0.2, -0.15) is 0 Å². The van der Waals surface area contributed by atoms with Crippen LogP contribution in [0.4, 0.5) is 10.5 Å². The maximum Gasteiger partial charge on any atom is 0.415 e. The number of hydrogen-bond donors (Lipinski definition) is 1. The molecule has 1 N–H and O–H groups in total. The molecule has 1 aromatic carbocycles. The molecule has 1 fully saturated rings. The zero-order valence-corrected chi connectivity index (χ0v) is 25.0. The van der Waals surface area contributed by atoms with Crippen LogP contribution in [0, 0.1) is 6.92 Å². The van der Waals surface area contributed by atoms with Crippen LogP contribution < -0.4 is 14.4 Å². The van der Waals surface area contributed by atoms with Gasteiger partial charge in [0.1, 0.15) is 5.75 Å². The molecular weight excluding hydrogens is 594 g/mol. The molecule has 4 heterocycles. The standard InChI is InChI=1S/C29H32BrN5O6/c1-17-24(28(37)40-4)26-25-18(14-30)16-35(23(36)8-6-19-5-7-20(39-3)15-31-19)21(25)13-22(27(26)32-17)41-29(38)34-11-9-33(2)10-12-34/h5-8,13,15,18,32H,9-12,14,16H2,1-4H3/b8-6+/t18-/m1/s1. The molecule has 12 heteroatoms. The third kappa shape index (κ3) is 5.53. The Labute approximate surface area is 246 Å². The molecule has 3 aromatic rings. The highest BCUT2D eigenvalue weighted by atomic mass is 79.9. The van der Waals surface area contributed by atoms with Crippen LogP contribution in [0.2, 0.25) is 0 Å². The number of pyridine rings is 1. The van der Waals surface area contributed by atoms with Gasteiger partial charge in [-0.15, -0.1) is 0 Å². The molecule has 11 nitrogen and oxygen atoms in total. The summed E-state index contributed by atoms with van der Waals surface area (Å²) in [6.45, 7) is 4.72. The molecule has 0 unspecified atom stereocenters. The second-order valence-electron chi connectivity index (χ2n) is 10.1. The summed E-state index contributed by atoms with van der Waals surface area (Å²) in [5.41, 5.74) is 3.44. The van der Waals surface area contributed by atoms with Crippen LogP contribution in [0.15, 0.2) is 30.5 Å². The Kier molecular flexibility index (Phi) is 8.32. The second-order valence-corrected chi connectivity index (χ2v) is 10.7. The number of alkyl halides is 1. The average Bonchev–Trinajstić information content (AvgIpc) is 3.53. The highest BCUT2D eigenvalue weighted by Crippen LogP contribution is 2.47. The SMILES string of the molecule is COC(=O)c1c(C)[nH]c2c(OC(=O)N3CCN(C)CC3)cc3c(c12)[C@H](CBr)CN3C(=O)/C=C/c1ccc(OC)cn1. The van der Waals surface area contributed by atoms with Gasteiger partial charge >= 0.3 is 12.1 Å². The summed E-state index contributed by atoms with van der Waals surface area (Å²) in [4.78, 5) is 52.7. The Balaban J connectivity index is 1.57. The lowest BCUT2D eigenvalue weighted by Crippen LogP contribution is -2.48. The van der Waals surface area contributed by atoms with Crippen LogP contribution >= 0.6 is 15.9 Å². The van der Waals surface area contributed by atoms with E-state index >= 15 is 0 Å². The van der Waals surface area contributed by atoms with Gasteiger partial charge in [-0.1, -0.05) is 15.9 Å². The number of likely N-dealkylation sites (N-methyl/N-ethyl adjacent to an activating group) is 1. The third-order valence-electron chi connectivity index (χ3n) is 7.54. The van der Waals surface area contributed by atoms with E-state index in [2.05, 4.69) is 30.8 Å². The van der Waals surface area contributed by atoms with Crippen molar-refractivity contribution in [2.45, 2.75) is 12.8 Å². The predicted octanol–water partition coefficient (Wildman–Crippen LogP) is 3.95. The number of H-pyrrole nitrogens is 1. The number of methoxy groups -OCH3 is 2. The number of piperazine rings is 1. The van der Waals surface area contributed by atoms with Crippen LogP contribution in [-0.2, 0) is 9.53 Å². The number of aryl methyl sites for hydroxylation is 1. The van der Waals surface area contributed by atoms with E-state index in [1.165, 1.54) is 13.2 Å². The van der Waals surface area contributed by atoms with Gasteiger partial charge in [0, 0.05) is 67.2 Å². The summed E-state index contributed by atoms with van der Waals surface area (Å²) in [6, 6.07) is 5.23. The number of aromatic amines is 1. The molecule has 0 bridgehead atoms. The van der Waals surface area contributed by atoms with E-state index < -0.39 is 12.1 Å². The largest absolute Gasteiger partial charge is 0.495 e. The first kappa shape index (κ1) is 28.6. The Morgan fingerprint density at radius 2 is 1.93 bits per heavy atom. The number of benzene rings is 1. The highest BCUT2D eigenvalue weighted by molar-refractivity contribution is 9.09. The Morgan fingerprint density at radius 3 is 2.56 bits per heavy atom. The summed E-state index contributed by atoms with van der Waals surface area (Å²) >= 11 is 3.60. The maximum absolute atomic E-state index is 13.5. The van der Waals surface area contributed by atoms with Crippen molar-refractivity contribution in [2.75, 3.05) is 64.2 Å². The van der Waals surface area contributed by atoms with Gasteiger partial charge in [0.15, 0.2) is 5.75 Å². The van der Waals surface area contributed by atoms with Crippen molar-refractivity contribution in [1.82, 2.24) is 19.8 Å². The smallest absolute Gasteiger partial charge is 0.415 e. The van der Waals surface area contributed by atoms with Gasteiger partial charge in [-0.3, -0.25) is 9.78 Å². The fourth-order valence-electron chi connectivity index (χ4n) is 5.31. The molecule has 216 valence electrons. The molecule has 2 amide bonds. The molecule has 2 aliphatic heterocycles. The Morgan fingerprint density at radius 1 is 1.17 bits per heavy atom. The number of esters is 1. The quantitative estimate of drug-likeness (QED) is 0.249. The number of rotatable bonds is 6. The minimum Gasteiger partial charge on any atom is -0.495 e. The molecule has 0 radical (unpaired) electrons. The number of hydrogen-bond acceptors (Lipinski definition) is 8. The van der Waals surface area contributed by atoms with Gasteiger partial charge in [-0.05, 0) is 37.7 Å². The number of amides is 2. The van der Waals surface area contributed by atoms with E-state index in [0.29, 0.717) is 64.3 Å². The number of halogens is 1. The number of carbonyl (C=O) groups excluding carboxylic acids is 3. The predicted molar refractivity (Wildman–Crippen MR) is 158 cm³/mol. The summed E-state index contributed by atoms with van der Waals surface area (Å²) in [5, 5.41) is 1.14. The lowest BCUT2D eigenvalue weighted by molar-refractivity contribution is -0.114. The van der Waals surface area contributed by atoms with E-state index in [0.717, 1.165) is 18.7 Å². The molecule has 1 atom stereocenters. The first-order chi connectivity index (χ1) is 19.7. The molecule has 5 rings (SSSR count). The van der Waals surface area contributed by atoms with Crippen molar-refractivity contribution in [3.05, 3.63) is 53.0 Å². The number of nitrogens with one attached hydrogen (secondary N) is 1. The zero-order valence-electron chi connectivity index (χ0n) is 23.4. The number of aromatic nitrogens is 2. The van der Waals surface area contributed by atoms with Crippen LogP contribution in [0.25, 0.3) is 17.0 Å². The van der Waals surface area contributed by atoms with Gasteiger partial charge in [-0.25, -0.2) is 9.59 Å². The molecule has 0 aliphatic carbocycles. The lowest BCUT2D eigenvalue weighted by Gasteiger charge is -2.31. The van der Waals surface area contributed by atoms with Crippen LogP contribution in [0.5, 0.6) is 11.5 Å². The molecule has 0 saturated carbocycles. The second kappa shape index (κ2) is 11.9. The molecule has 41 heavy (non-hydrogen) atoms. The van der Waals surface area contributed by atoms with Crippen molar-refractivity contribution in [1.29, 1.82) is 0 Å². The van der Waals surface area contributed by atoms with Gasteiger partial charge < -0.3 is 33.9 Å². The highest BCUT2D eigenvalue weighted by Gasteiger charge is 2.37. The van der Waals surface area contributed by atoms with Crippen molar-refractivity contribution in [2.24, 2.45) is 0 Å². The molecular formula is C29H32BrN5O6. The van der Waals surface area contributed by atoms with Crippen molar-refractivity contribution in [3.8, 4) is 11.5 Å². The first-order valence-electron chi connectivity index (χ1n) is 13.2. The number of anilines is 1. The molecule has 0 spiro atoms. The summed E-state index contributed by atoms with van der Waals surface area (Å²) in [5.74, 6) is -0.0374. The van der Waals surface area contributed by atoms with Crippen molar-refractivity contribution < 1.29 is 28.6 Å². The van der Waals surface area contributed by atoms with Crippen LogP contribution in [0.3, 0.4) is 0 Å². The number of ether oxygens (including phenoxy) is 3. The first-order valence-corrected chi connectivity index (χ1v) is 14.4. The number of fused-ring (bicyclic) bond motifs is 3. The monoisotopic (exact) mass is 625 g/mol. The summed E-state index contributed by atoms with van der Waals surface area (Å²) in [7, 11) is 4.90. The Hall–Kier alpha value is -3.90. The molecule has 2 aromatic heterocycles. The van der Waals surface area contributed by atoms with Crippen molar-refractivity contribution >= 4 is 56.6 Å². The van der Waals surface area contributed by atoms with Gasteiger partial charge in [0.25, 0.3) is 5.91 Å². The average molecular weight is 627 g/mol. The number of nitrogens with zero attached hydrogens (tertiary/aromatic N) is 4. The fourth-order valence-corrected chi connectivity index (χ4v) is 5.83. The lowest BCUT2D eigenvalue weighted by atomic mass is 9.95. The normalized spacial score (nSPS) is 17.2.